The average Bonchev–Trinajstić information content (AvgIpc) is 2.83. The lowest BCUT2D eigenvalue weighted by Crippen LogP contribution is -2.18. The minimum atomic E-state index is -0.286. The Hall–Kier alpha value is -3.64. The highest BCUT2D eigenvalue weighted by molar-refractivity contribution is 5.53. The number of aliphatic hydroxyl groups is 1. The molecule has 0 radical (unpaired) electrons. The Morgan fingerprint density at radius 3 is 2.00 bits per heavy atom. The summed E-state index contributed by atoms with van der Waals surface area (Å²) >= 11 is 0. The van der Waals surface area contributed by atoms with E-state index in [1.54, 1.807) is 18.6 Å². The summed E-state index contributed by atoms with van der Waals surface area (Å²) in [5.74, 6) is 0.0749. The highest BCUT2D eigenvalue weighted by Crippen LogP contribution is 2.44. The number of aliphatic hydroxyl groups excluding tert-OH is 1. The predicted molar refractivity (Wildman–Crippen MR) is 118 cm³/mol. The summed E-state index contributed by atoms with van der Waals surface area (Å²) in [4.78, 5) is 13.2. The van der Waals surface area contributed by atoms with Gasteiger partial charge in [-0.25, -0.2) is 9.37 Å². The molecule has 0 aliphatic rings. The maximum Gasteiger partial charge on any atom is 0.129 e. The molecular formula is C25H23FN4O. The molecule has 0 fully saturated rings. The van der Waals surface area contributed by atoms with Crippen LogP contribution in [0.2, 0.25) is 0 Å². The van der Waals surface area contributed by atoms with Crippen molar-refractivity contribution in [2.24, 2.45) is 0 Å². The van der Waals surface area contributed by atoms with Crippen LogP contribution in [-0.2, 0) is 0 Å². The van der Waals surface area contributed by atoms with Crippen molar-refractivity contribution in [3.8, 4) is 0 Å². The van der Waals surface area contributed by atoms with E-state index in [9.17, 15) is 9.50 Å². The second-order valence-corrected chi connectivity index (χ2v) is 7.17. The van der Waals surface area contributed by atoms with E-state index in [0.717, 1.165) is 22.3 Å². The highest BCUT2D eigenvalue weighted by Gasteiger charge is 2.30. The number of anilines is 1. The first-order chi connectivity index (χ1) is 15.3. The summed E-state index contributed by atoms with van der Waals surface area (Å²) in [6, 6.07) is 18.4. The topological polar surface area (TPSA) is 70.9 Å². The quantitative estimate of drug-likeness (QED) is 0.448. The minimum absolute atomic E-state index is 0.00807. The summed E-state index contributed by atoms with van der Waals surface area (Å²) in [5.41, 5.74) is 3.92. The molecule has 0 saturated heterocycles. The van der Waals surface area contributed by atoms with Gasteiger partial charge in [-0.15, -0.1) is 0 Å². The van der Waals surface area contributed by atoms with Gasteiger partial charge in [0.25, 0.3) is 0 Å². The number of nitrogens with one attached hydrogen (secondary N) is 1. The molecule has 5 nitrogen and oxygen atoms in total. The molecule has 3 heterocycles. The smallest absolute Gasteiger partial charge is 0.129 e. The van der Waals surface area contributed by atoms with Crippen molar-refractivity contribution in [1.82, 2.24) is 15.0 Å². The second kappa shape index (κ2) is 9.91. The molecule has 3 aromatic heterocycles. The number of aromatic nitrogens is 3. The van der Waals surface area contributed by atoms with Crippen LogP contribution in [0.1, 0.15) is 34.1 Å². The lowest BCUT2D eigenvalue weighted by atomic mass is 9.74. The number of halogens is 1. The molecule has 1 unspecified atom stereocenters. The molecule has 4 aromatic rings. The summed E-state index contributed by atoms with van der Waals surface area (Å²) < 4.78 is 13.8. The van der Waals surface area contributed by atoms with E-state index in [1.807, 2.05) is 60.9 Å². The van der Waals surface area contributed by atoms with E-state index in [-0.39, 0.29) is 24.3 Å². The Morgan fingerprint density at radius 2 is 1.42 bits per heavy atom. The third-order valence-electron chi connectivity index (χ3n) is 5.23. The van der Waals surface area contributed by atoms with Gasteiger partial charge in [0.2, 0.25) is 0 Å². The van der Waals surface area contributed by atoms with Crippen LogP contribution in [0.25, 0.3) is 0 Å². The molecule has 0 amide bonds. The first-order valence-electron chi connectivity index (χ1n) is 10.1. The van der Waals surface area contributed by atoms with E-state index >= 15 is 0 Å². The van der Waals surface area contributed by atoms with Gasteiger partial charge in [0.05, 0.1) is 6.61 Å². The first kappa shape index (κ1) is 20.6. The van der Waals surface area contributed by atoms with Crippen LogP contribution in [-0.4, -0.2) is 33.2 Å². The van der Waals surface area contributed by atoms with Gasteiger partial charge in [0, 0.05) is 54.9 Å². The fraction of sp³-hybridized carbons (Fsp3) is 0.160. The fourth-order valence-corrected chi connectivity index (χ4v) is 3.91. The predicted octanol–water partition coefficient (Wildman–Crippen LogP) is 4.38. The van der Waals surface area contributed by atoms with Crippen LogP contribution in [0.5, 0.6) is 0 Å². The Morgan fingerprint density at radius 1 is 0.774 bits per heavy atom. The SMILES string of the molecule is OCCNc1ncccc1C(c1ccc(F)cc1)C(c1cccnc1)c1cccnc1. The molecule has 31 heavy (non-hydrogen) atoms. The van der Waals surface area contributed by atoms with Crippen LogP contribution < -0.4 is 5.32 Å². The van der Waals surface area contributed by atoms with Crippen LogP contribution in [0.3, 0.4) is 0 Å². The summed E-state index contributed by atoms with van der Waals surface area (Å²) in [6.07, 6.45) is 8.91. The van der Waals surface area contributed by atoms with Gasteiger partial charge >= 0.3 is 0 Å². The molecule has 1 aromatic carbocycles. The molecule has 0 bridgehead atoms. The molecule has 0 saturated carbocycles. The van der Waals surface area contributed by atoms with Crippen LogP contribution in [0.4, 0.5) is 10.2 Å². The summed E-state index contributed by atoms with van der Waals surface area (Å²) in [5, 5.41) is 12.5. The first-order valence-corrected chi connectivity index (χ1v) is 10.1. The molecular weight excluding hydrogens is 391 g/mol. The largest absolute Gasteiger partial charge is 0.395 e. The van der Waals surface area contributed by atoms with Crippen molar-refractivity contribution < 1.29 is 9.50 Å². The Kier molecular flexibility index (Phi) is 6.59. The Balaban J connectivity index is 1.94. The number of nitrogens with zero attached hydrogens (tertiary/aromatic N) is 3. The van der Waals surface area contributed by atoms with Crippen LogP contribution in [0.15, 0.2) is 91.6 Å². The molecule has 156 valence electrons. The zero-order valence-electron chi connectivity index (χ0n) is 16.9. The number of hydrogen-bond acceptors (Lipinski definition) is 5. The standard InChI is InChI=1S/C25H23FN4O/c26-21-9-7-18(8-10-21)24(22-6-3-13-29-25(22)30-14-15-31)23(19-4-1-11-27-16-19)20-5-2-12-28-17-20/h1-13,16-17,23-24,31H,14-15H2,(H,29,30). The molecule has 0 aliphatic carbocycles. The second-order valence-electron chi connectivity index (χ2n) is 7.17. The maximum absolute atomic E-state index is 13.8. The van der Waals surface area contributed by atoms with Crippen molar-refractivity contribution in [2.75, 3.05) is 18.5 Å². The van der Waals surface area contributed by atoms with Gasteiger partial charge in [0.1, 0.15) is 11.6 Å². The van der Waals surface area contributed by atoms with Gasteiger partial charge in [-0.05, 0) is 47.0 Å². The Bertz CT molecular complexity index is 1050. The van der Waals surface area contributed by atoms with Gasteiger partial charge < -0.3 is 10.4 Å². The van der Waals surface area contributed by atoms with Crippen molar-refractivity contribution in [1.29, 1.82) is 0 Å². The van der Waals surface area contributed by atoms with Crippen molar-refractivity contribution >= 4 is 5.82 Å². The van der Waals surface area contributed by atoms with E-state index < -0.39 is 0 Å². The van der Waals surface area contributed by atoms with Crippen LogP contribution in [0, 0.1) is 5.82 Å². The Labute approximate surface area is 180 Å². The normalized spacial score (nSPS) is 12.0. The number of hydrogen-bond donors (Lipinski definition) is 2. The fourth-order valence-electron chi connectivity index (χ4n) is 3.91. The monoisotopic (exact) mass is 414 g/mol. The summed E-state index contributed by atoms with van der Waals surface area (Å²) in [7, 11) is 0. The zero-order valence-corrected chi connectivity index (χ0v) is 16.9. The molecule has 2 N–H and O–H groups in total. The van der Waals surface area contributed by atoms with E-state index in [2.05, 4.69) is 20.3 Å². The molecule has 4 rings (SSSR count). The third kappa shape index (κ3) is 4.75. The van der Waals surface area contributed by atoms with Gasteiger partial charge in [-0.3, -0.25) is 9.97 Å². The van der Waals surface area contributed by atoms with Crippen molar-refractivity contribution in [2.45, 2.75) is 11.8 Å². The molecule has 0 aliphatic heterocycles. The number of rotatable bonds is 8. The third-order valence-corrected chi connectivity index (χ3v) is 5.23. The van der Waals surface area contributed by atoms with E-state index in [4.69, 9.17) is 0 Å². The molecule has 1 atom stereocenters. The van der Waals surface area contributed by atoms with Gasteiger partial charge in [-0.1, -0.05) is 30.3 Å². The summed E-state index contributed by atoms with van der Waals surface area (Å²) in [6.45, 7) is 0.371. The molecule has 6 heteroatoms. The molecule has 0 spiro atoms. The van der Waals surface area contributed by atoms with Crippen LogP contribution >= 0.6 is 0 Å². The van der Waals surface area contributed by atoms with Gasteiger partial charge in [0.15, 0.2) is 0 Å². The lowest BCUT2D eigenvalue weighted by Gasteiger charge is -2.30. The average molecular weight is 414 g/mol. The van der Waals surface area contributed by atoms with E-state index in [1.165, 1.54) is 12.1 Å². The lowest BCUT2D eigenvalue weighted by molar-refractivity contribution is 0.311. The highest BCUT2D eigenvalue weighted by atomic mass is 19.1. The minimum Gasteiger partial charge on any atom is -0.395 e. The maximum atomic E-state index is 13.8. The number of pyridine rings is 3. The van der Waals surface area contributed by atoms with Crippen molar-refractivity contribution in [3.63, 3.8) is 0 Å². The zero-order chi connectivity index (χ0) is 21.5. The van der Waals surface area contributed by atoms with Crippen molar-refractivity contribution in [3.05, 3.63) is 120 Å². The number of benzene rings is 1. The van der Waals surface area contributed by atoms with Gasteiger partial charge in [-0.2, -0.15) is 0 Å². The van der Waals surface area contributed by atoms with E-state index in [0.29, 0.717) is 12.4 Å².